The first-order valence-electron chi connectivity index (χ1n) is 8.73. The van der Waals surface area contributed by atoms with Gasteiger partial charge in [-0.2, -0.15) is 0 Å². The second-order valence-electron chi connectivity index (χ2n) is 6.66. The lowest BCUT2D eigenvalue weighted by Gasteiger charge is -2.40. The number of nitrogens with zero attached hydrogens (tertiary/aromatic N) is 3. The first-order chi connectivity index (χ1) is 12.1. The molecule has 2 aliphatic rings. The monoisotopic (exact) mass is 346 g/mol. The second kappa shape index (κ2) is 7.95. The normalized spacial score (nSPS) is 21.8. The Hall–Kier alpha value is -1.96. The van der Waals surface area contributed by atoms with E-state index in [2.05, 4.69) is 22.0 Å². The maximum atomic E-state index is 12.8. The van der Waals surface area contributed by atoms with Crippen molar-refractivity contribution in [3.63, 3.8) is 0 Å². The molecule has 2 amide bonds. The summed E-state index contributed by atoms with van der Waals surface area (Å²) in [4.78, 5) is 30.8. The zero-order valence-electron chi connectivity index (χ0n) is 14.9. The highest BCUT2D eigenvalue weighted by atomic mass is 16.5. The van der Waals surface area contributed by atoms with Crippen molar-refractivity contribution in [3.8, 4) is 0 Å². The van der Waals surface area contributed by atoms with Gasteiger partial charge in [0.05, 0.1) is 24.5 Å². The largest absolute Gasteiger partial charge is 0.383 e. The fourth-order valence-corrected chi connectivity index (χ4v) is 3.49. The summed E-state index contributed by atoms with van der Waals surface area (Å²) in [5.74, 6) is -0.176. The number of fused-ring (bicyclic) bond motifs is 1. The van der Waals surface area contributed by atoms with E-state index in [1.165, 1.54) is 0 Å². The van der Waals surface area contributed by atoms with Crippen LogP contribution < -0.4 is 10.2 Å². The van der Waals surface area contributed by atoms with Crippen molar-refractivity contribution in [3.05, 3.63) is 24.3 Å². The average Bonchev–Trinajstić information content (AvgIpc) is 2.60. The van der Waals surface area contributed by atoms with Crippen LogP contribution in [0.4, 0.5) is 11.4 Å². The van der Waals surface area contributed by atoms with Crippen molar-refractivity contribution in [1.82, 2.24) is 9.80 Å². The van der Waals surface area contributed by atoms with E-state index in [1.54, 1.807) is 12.0 Å². The van der Waals surface area contributed by atoms with Gasteiger partial charge >= 0.3 is 0 Å². The summed E-state index contributed by atoms with van der Waals surface area (Å²) in [6.07, 6.45) is 0. The van der Waals surface area contributed by atoms with E-state index in [1.807, 2.05) is 24.3 Å². The smallest absolute Gasteiger partial charge is 0.244 e. The summed E-state index contributed by atoms with van der Waals surface area (Å²) in [6, 6.07) is 7.82. The predicted molar refractivity (Wildman–Crippen MR) is 96.8 cm³/mol. The molecule has 136 valence electrons. The minimum Gasteiger partial charge on any atom is -0.383 e. The standard InChI is InChI=1S/C18H26N4O3/c1-14-11-20(7-8-21(14)9-10-25-2)13-18(24)22-12-17(23)19-15-5-3-4-6-16(15)22/h3-6,14H,7-13H2,1-2H3,(H,19,23)/t14-/m1/s1. The van der Waals surface area contributed by atoms with Crippen LogP contribution in [-0.2, 0) is 14.3 Å². The van der Waals surface area contributed by atoms with E-state index >= 15 is 0 Å². The molecule has 0 saturated carbocycles. The molecule has 0 spiro atoms. The topological polar surface area (TPSA) is 65.1 Å². The van der Waals surface area contributed by atoms with E-state index in [9.17, 15) is 9.59 Å². The van der Waals surface area contributed by atoms with Crippen molar-refractivity contribution >= 4 is 23.2 Å². The highest BCUT2D eigenvalue weighted by molar-refractivity contribution is 6.10. The maximum Gasteiger partial charge on any atom is 0.244 e. The van der Waals surface area contributed by atoms with Gasteiger partial charge in [-0.1, -0.05) is 12.1 Å². The number of nitrogens with one attached hydrogen (secondary N) is 1. The Kier molecular flexibility index (Phi) is 5.67. The zero-order valence-corrected chi connectivity index (χ0v) is 14.9. The number of benzene rings is 1. The van der Waals surface area contributed by atoms with Crippen LogP contribution in [0, 0.1) is 0 Å². The zero-order chi connectivity index (χ0) is 17.8. The molecule has 1 N–H and O–H groups in total. The summed E-state index contributed by atoms with van der Waals surface area (Å²) < 4.78 is 5.15. The molecule has 0 unspecified atom stereocenters. The van der Waals surface area contributed by atoms with E-state index in [-0.39, 0.29) is 18.4 Å². The number of ether oxygens (including phenoxy) is 1. The molecule has 1 aromatic carbocycles. The van der Waals surface area contributed by atoms with Gasteiger partial charge in [0.1, 0.15) is 6.54 Å². The molecule has 0 radical (unpaired) electrons. The first-order valence-corrected chi connectivity index (χ1v) is 8.73. The Balaban J connectivity index is 1.61. The third kappa shape index (κ3) is 4.18. The molecule has 25 heavy (non-hydrogen) atoms. The Morgan fingerprint density at radius 3 is 2.88 bits per heavy atom. The number of anilines is 2. The molecule has 0 aromatic heterocycles. The van der Waals surface area contributed by atoms with Crippen molar-refractivity contribution in [2.24, 2.45) is 0 Å². The number of hydrogen-bond donors (Lipinski definition) is 1. The van der Waals surface area contributed by atoms with Gasteiger partial charge in [-0.25, -0.2) is 0 Å². The summed E-state index contributed by atoms with van der Waals surface area (Å²) in [5.41, 5.74) is 1.48. The van der Waals surface area contributed by atoms with Crippen molar-refractivity contribution < 1.29 is 14.3 Å². The number of amides is 2. The Bertz CT molecular complexity index is 637. The molecule has 0 bridgehead atoms. The molecule has 7 heteroatoms. The molecule has 2 heterocycles. The van der Waals surface area contributed by atoms with Gasteiger partial charge in [0.15, 0.2) is 0 Å². The molecular weight excluding hydrogens is 320 g/mol. The number of piperazine rings is 1. The first kappa shape index (κ1) is 17.8. The number of carbonyl (C=O) groups is 2. The molecule has 1 aromatic rings. The summed E-state index contributed by atoms with van der Waals surface area (Å²) in [7, 11) is 1.71. The van der Waals surface area contributed by atoms with Crippen molar-refractivity contribution in [2.45, 2.75) is 13.0 Å². The minimum atomic E-state index is -0.148. The van der Waals surface area contributed by atoms with Crippen LogP contribution >= 0.6 is 0 Å². The molecule has 1 saturated heterocycles. The number of methoxy groups -OCH3 is 1. The summed E-state index contributed by atoms with van der Waals surface area (Å²) in [5, 5.41) is 2.82. The summed E-state index contributed by atoms with van der Waals surface area (Å²) in [6.45, 7) is 6.86. The lowest BCUT2D eigenvalue weighted by molar-refractivity contribution is -0.123. The molecule has 1 atom stereocenters. The van der Waals surface area contributed by atoms with Crippen LogP contribution in [0.15, 0.2) is 24.3 Å². The molecule has 2 aliphatic heterocycles. The third-order valence-electron chi connectivity index (χ3n) is 4.86. The summed E-state index contributed by atoms with van der Waals surface area (Å²) >= 11 is 0. The molecule has 1 fully saturated rings. The lowest BCUT2D eigenvalue weighted by atomic mass is 10.1. The van der Waals surface area contributed by atoms with Crippen LogP contribution in [0.3, 0.4) is 0 Å². The molecule has 0 aliphatic carbocycles. The van der Waals surface area contributed by atoms with E-state index in [0.29, 0.717) is 18.3 Å². The minimum absolute atomic E-state index is 0.0279. The fraction of sp³-hybridized carbons (Fsp3) is 0.556. The van der Waals surface area contributed by atoms with Crippen molar-refractivity contribution in [1.29, 1.82) is 0 Å². The maximum absolute atomic E-state index is 12.8. The third-order valence-corrected chi connectivity index (χ3v) is 4.86. The number of para-hydroxylation sites is 2. The van der Waals surface area contributed by atoms with Crippen LogP contribution in [0.2, 0.25) is 0 Å². The van der Waals surface area contributed by atoms with Crippen LogP contribution in [-0.4, -0.2) is 80.6 Å². The second-order valence-corrected chi connectivity index (χ2v) is 6.66. The quantitative estimate of drug-likeness (QED) is 0.847. The van der Waals surface area contributed by atoms with Gasteiger partial charge in [-0.05, 0) is 19.1 Å². The van der Waals surface area contributed by atoms with E-state index in [0.717, 1.165) is 38.5 Å². The van der Waals surface area contributed by atoms with E-state index in [4.69, 9.17) is 4.74 Å². The fourth-order valence-electron chi connectivity index (χ4n) is 3.49. The van der Waals surface area contributed by atoms with Gasteiger partial charge in [-0.3, -0.25) is 24.3 Å². The number of rotatable bonds is 5. The highest BCUT2D eigenvalue weighted by Gasteiger charge is 2.30. The van der Waals surface area contributed by atoms with Gasteiger partial charge in [-0.15, -0.1) is 0 Å². The Labute approximate surface area is 148 Å². The highest BCUT2D eigenvalue weighted by Crippen LogP contribution is 2.29. The molecule has 3 rings (SSSR count). The molecule has 7 nitrogen and oxygen atoms in total. The Morgan fingerprint density at radius 1 is 1.32 bits per heavy atom. The lowest BCUT2D eigenvalue weighted by Crippen LogP contribution is -2.55. The molecular formula is C18H26N4O3. The average molecular weight is 346 g/mol. The number of carbonyl (C=O) groups excluding carboxylic acids is 2. The van der Waals surface area contributed by atoms with Crippen LogP contribution in [0.1, 0.15) is 6.92 Å². The van der Waals surface area contributed by atoms with Crippen LogP contribution in [0.5, 0.6) is 0 Å². The predicted octanol–water partition coefficient (Wildman–Crippen LogP) is 0.624. The SMILES string of the molecule is COCCN1CCN(CC(=O)N2CC(=O)Nc3ccccc32)C[C@H]1C. The van der Waals surface area contributed by atoms with E-state index < -0.39 is 0 Å². The van der Waals surface area contributed by atoms with Gasteiger partial charge in [0.25, 0.3) is 0 Å². The van der Waals surface area contributed by atoms with Crippen LogP contribution in [0.25, 0.3) is 0 Å². The van der Waals surface area contributed by atoms with Gasteiger partial charge < -0.3 is 10.1 Å². The number of hydrogen-bond acceptors (Lipinski definition) is 5. The van der Waals surface area contributed by atoms with Gasteiger partial charge in [0.2, 0.25) is 11.8 Å². The van der Waals surface area contributed by atoms with Gasteiger partial charge in [0, 0.05) is 39.3 Å². The van der Waals surface area contributed by atoms with Crippen molar-refractivity contribution in [2.75, 3.05) is 63.2 Å². The Morgan fingerprint density at radius 2 is 2.12 bits per heavy atom.